The summed E-state index contributed by atoms with van der Waals surface area (Å²) in [6.07, 6.45) is 7.20. The summed E-state index contributed by atoms with van der Waals surface area (Å²) in [4.78, 5) is 17.8. The van der Waals surface area contributed by atoms with Crippen molar-refractivity contribution < 1.29 is 23.6 Å². The molecule has 1 N–H and O–H groups in total. The number of nitrogens with zero attached hydrogens (tertiary/aromatic N) is 2. The number of imidazole rings is 1. The Morgan fingerprint density at radius 3 is 2.42 bits per heavy atom. The van der Waals surface area contributed by atoms with Crippen LogP contribution < -0.4 is 14.8 Å². The Morgan fingerprint density at radius 1 is 0.956 bits per heavy atom. The summed E-state index contributed by atoms with van der Waals surface area (Å²) in [6.45, 7) is 11.2. The molecule has 0 saturated carbocycles. The highest BCUT2D eigenvalue weighted by molar-refractivity contribution is 7.90. The van der Waals surface area contributed by atoms with E-state index in [0.717, 1.165) is 59.8 Å². The van der Waals surface area contributed by atoms with Gasteiger partial charge in [-0.05, 0) is 104 Å². The predicted octanol–water partition coefficient (Wildman–Crippen LogP) is 7.43. The number of carbonyl (C=O) groups is 1. The summed E-state index contributed by atoms with van der Waals surface area (Å²) < 4.78 is 32.2. The number of amides is 1. The monoisotopic (exact) mass is 629 g/mol. The maximum atomic E-state index is 13.0. The van der Waals surface area contributed by atoms with Gasteiger partial charge in [0.2, 0.25) is 5.91 Å². The van der Waals surface area contributed by atoms with Crippen LogP contribution in [0.15, 0.2) is 84.0 Å². The highest BCUT2D eigenvalue weighted by Crippen LogP contribution is 2.29. The van der Waals surface area contributed by atoms with Gasteiger partial charge in [-0.1, -0.05) is 31.5 Å². The van der Waals surface area contributed by atoms with Crippen LogP contribution >= 0.6 is 0 Å². The summed E-state index contributed by atoms with van der Waals surface area (Å²) >= 11 is -1.23. The molecule has 0 unspecified atom stereocenters. The first-order chi connectivity index (χ1) is 21.9. The van der Waals surface area contributed by atoms with E-state index in [9.17, 15) is 9.35 Å². The van der Waals surface area contributed by atoms with Gasteiger partial charge < -0.3 is 28.6 Å². The Labute approximate surface area is 269 Å². The van der Waals surface area contributed by atoms with Crippen LogP contribution in [0.5, 0.6) is 11.5 Å². The molecule has 4 aromatic rings. The predicted molar refractivity (Wildman–Crippen MR) is 181 cm³/mol. The third-order valence-corrected chi connectivity index (χ3v) is 8.53. The van der Waals surface area contributed by atoms with Crippen molar-refractivity contribution in [3.05, 3.63) is 96.1 Å². The normalized spacial score (nSPS) is 11.9. The van der Waals surface area contributed by atoms with Gasteiger partial charge >= 0.3 is 0 Å². The van der Waals surface area contributed by atoms with Crippen LogP contribution in [0.25, 0.3) is 17.2 Å². The van der Waals surface area contributed by atoms with E-state index in [1.54, 1.807) is 36.7 Å². The van der Waals surface area contributed by atoms with Crippen LogP contribution in [0.3, 0.4) is 0 Å². The second kappa shape index (κ2) is 17.4. The van der Waals surface area contributed by atoms with E-state index >= 15 is 0 Å². The van der Waals surface area contributed by atoms with Gasteiger partial charge in [-0.3, -0.25) is 4.79 Å². The third kappa shape index (κ3) is 9.97. The molecule has 0 radical (unpaired) electrons. The zero-order valence-electron chi connectivity index (χ0n) is 26.6. The molecule has 45 heavy (non-hydrogen) atoms. The van der Waals surface area contributed by atoms with Gasteiger partial charge in [0, 0.05) is 30.5 Å². The zero-order valence-corrected chi connectivity index (χ0v) is 27.4. The van der Waals surface area contributed by atoms with Crippen molar-refractivity contribution in [3.63, 3.8) is 0 Å². The van der Waals surface area contributed by atoms with Crippen LogP contribution in [0, 0.1) is 6.92 Å². The molecule has 238 valence electrons. The lowest BCUT2D eigenvalue weighted by Crippen LogP contribution is -2.11. The van der Waals surface area contributed by atoms with Gasteiger partial charge in [0.1, 0.15) is 18.1 Å². The standard InChI is InChI=1S/C36H43N3O5S/c1-5-8-21-42-22-23-44-32-15-9-28(10-16-32)29-11-19-35(43-7-3)30(24-29)12-20-36(40)38-31-13-17-33(18-14-31)45(41)25-34-27(4)37-26-39(34)6-2/h9-20,24,26H,5-8,21-23,25H2,1-4H3,(H,38,40)/b20-12+/t45-/m1/s1. The quantitative estimate of drug-likeness (QED) is 0.0741. The van der Waals surface area contributed by atoms with Crippen LogP contribution in [0.1, 0.15) is 50.6 Å². The van der Waals surface area contributed by atoms with Crippen molar-refractivity contribution in [1.29, 1.82) is 0 Å². The molecular formula is C36H43N3O5S. The number of rotatable bonds is 17. The van der Waals surface area contributed by atoms with E-state index in [1.165, 1.54) is 6.08 Å². The average molecular weight is 630 g/mol. The van der Waals surface area contributed by atoms with Crippen LogP contribution in [-0.4, -0.2) is 46.4 Å². The number of anilines is 1. The number of ether oxygens (including phenoxy) is 3. The lowest BCUT2D eigenvalue weighted by molar-refractivity contribution is -0.111. The molecule has 1 heterocycles. The van der Waals surface area contributed by atoms with Crippen molar-refractivity contribution in [2.24, 2.45) is 0 Å². The molecule has 0 bridgehead atoms. The lowest BCUT2D eigenvalue weighted by Gasteiger charge is -2.13. The number of aryl methyl sites for hydroxylation is 2. The van der Waals surface area contributed by atoms with Crippen LogP contribution in [0.2, 0.25) is 0 Å². The molecule has 3 aromatic carbocycles. The molecule has 0 fully saturated rings. The minimum Gasteiger partial charge on any atom is -0.611 e. The van der Waals surface area contributed by atoms with Crippen LogP contribution in [-0.2, 0) is 33.0 Å². The number of aromatic nitrogens is 2. The highest BCUT2D eigenvalue weighted by atomic mass is 32.2. The molecule has 0 aliphatic carbocycles. The van der Waals surface area contributed by atoms with E-state index in [4.69, 9.17) is 14.2 Å². The van der Waals surface area contributed by atoms with E-state index in [-0.39, 0.29) is 5.91 Å². The summed E-state index contributed by atoms with van der Waals surface area (Å²) in [5.41, 5.74) is 5.29. The van der Waals surface area contributed by atoms with Crippen molar-refractivity contribution in [1.82, 2.24) is 9.55 Å². The average Bonchev–Trinajstić information content (AvgIpc) is 3.41. The second-order valence-corrected chi connectivity index (χ2v) is 11.9. The summed E-state index contributed by atoms with van der Waals surface area (Å²) in [6, 6.07) is 20.9. The second-order valence-electron chi connectivity index (χ2n) is 10.4. The van der Waals surface area contributed by atoms with Gasteiger partial charge in [0.05, 0.1) is 30.9 Å². The largest absolute Gasteiger partial charge is 0.611 e. The molecule has 0 aliphatic rings. The van der Waals surface area contributed by atoms with Gasteiger partial charge in [-0.25, -0.2) is 4.98 Å². The number of hydrogen-bond acceptors (Lipinski definition) is 6. The fourth-order valence-corrected chi connectivity index (χ4v) is 5.90. The van der Waals surface area contributed by atoms with E-state index < -0.39 is 11.2 Å². The number of benzene rings is 3. The zero-order chi connectivity index (χ0) is 32.0. The fraction of sp³-hybridized carbons (Fsp3) is 0.333. The van der Waals surface area contributed by atoms with E-state index in [2.05, 4.69) is 17.2 Å². The Hall–Kier alpha value is -4.05. The highest BCUT2D eigenvalue weighted by Gasteiger charge is 2.17. The molecule has 1 atom stereocenters. The van der Waals surface area contributed by atoms with E-state index in [0.29, 0.717) is 41.9 Å². The first-order valence-corrected chi connectivity index (χ1v) is 16.8. The first-order valence-electron chi connectivity index (χ1n) is 15.5. The third-order valence-electron chi connectivity index (χ3n) is 7.20. The molecule has 0 saturated heterocycles. The molecule has 1 amide bonds. The maximum Gasteiger partial charge on any atom is 0.248 e. The van der Waals surface area contributed by atoms with Gasteiger partial charge in [0.15, 0.2) is 10.6 Å². The van der Waals surface area contributed by atoms with Crippen molar-refractivity contribution >= 4 is 28.8 Å². The van der Waals surface area contributed by atoms with E-state index in [1.807, 2.05) is 67.8 Å². The SMILES string of the molecule is CCCCOCCOc1ccc(-c2ccc(OCC)c(/C=C/C(=O)Nc3ccc([S@+]([O-])Cc4c(C)ncn4CC)cc3)c2)cc1. The van der Waals surface area contributed by atoms with Crippen molar-refractivity contribution in [2.45, 2.75) is 57.7 Å². The molecule has 9 heteroatoms. The molecule has 8 nitrogen and oxygen atoms in total. The molecular weight excluding hydrogens is 586 g/mol. The van der Waals surface area contributed by atoms with Gasteiger partial charge in [0.25, 0.3) is 0 Å². The van der Waals surface area contributed by atoms with Gasteiger partial charge in [-0.15, -0.1) is 0 Å². The summed E-state index contributed by atoms with van der Waals surface area (Å²) in [5, 5.41) is 2.88. The Balaban J connectivity index is 1.36. The maximum absolute atomic E-state index is 13.0. The molecule has 4 rings (SSSR count). The Morgan fingerprint density at radius 2 is 1.71 bits per heavy atom. The summed E-state index contributed by atoms with van der Waals surface area (Å²) in [5.74, 6) is 1.60. The number of carbonyl (C=O) groups excluding carboxylic acids is 1. The van der Waals surface area contributed by atoms with Crippen LogP contribution in [0.4, 0.5) is 5.69 Å². The smallest absolute Gasteiger partial charge is 0.248 e. The molecule has 0 spiro atoms. The first kappa shape index (κ1) is 33.8. The Kier molecular flexibility index (Phi) is 13.1. The fourth-order valence-electron chi connectivity index (χ4n) is 4.67. The minimum atomic E-state index is -1.23. The Bertz CT molecular complexity index is 1530. The molecule has 0 aliphatic heterocycles. The van der Waals surface area contributed by atoms with Gasteiger partial charge in [-0.2, -0.15) is 0 Å². The lowest BCUT2D eigenvalue weighted by atomic mass is 10.0. The number of nitrogens with one attached hydrogen (secondary N) is 1. The topological polar surface area (TPSA) is 97.7 Å². The number of unbranched alkanes of at least 4 members (excludes halogenated alkanes) is 1. The van der Waals surface area contributed by atoms with Crippen molar-refractivity contribution in [3.8, 4) is 22.6 Å². The van der Waals surface area contributed by atoms with Crippen molar-refractivity contribution in [2.75, 3.05) is 31.7 Å². The molecule has 1 aromatic heterocycles. The number of hydrogen-bond donors (Lipinski definition) is 1. The minimum absolute atomic E-state index is 0.278. The summed E-state index contributed by atoms with van der Waals surface area (Å²) in [7, 11) is 0.